The molecule has 140 valence electrons. The first-order chi connectivity index (χ1) is 12.8. The molecule has 0 saturated carbocycles. The van der Waals surface area contributed by atoms with E-state index in [2.05, 4.69) is 10.3 Å². The number of anilines is 1. The minimum atomic E-state index is -3.56. The van der Waals surface area contributed by atoms with E-state index in [0.29, 0.717) is 11.3 Å². The molecule has 1 heterocycles. The largest absolute Gasteiger partial charge is 0.421 e. The highest BCUT2D eigenvalue weighted by atomic mass is 32.2. The number of hydroxylamine groups is 1. The van der Waals surface area contributed by atoms with Crippen LogP contribution >= 0.6 is 0 Å². The number of benzene rings is 2. The molecule has 1 aromatic heterocycles. The summed E-state index contributed by atoms with van der Waals surface area (Å²) < 4.78 is 30.0. The van der Waals surface area contributed by atoms with Gasteiger partial charge >= 0.3 is 12.0 Å². The van der Waals surface area contributed by atoms with Gasteiger partial charge in [0, 0.05) is 24.4 Å². The van der Waals surface area contributed by atoms with E-state index in [0.717, 1.165) is 6.26 Å². The van der Waals surface area contributed by atoms with Crippen molar-refractivity contribution in [3.63, 3.8) is 0 Å². The maximum Gasteiger partial charge on any atom is 0.349 e. The van der Waals surface area contributed by atoms with Crippen molar-refractivity contribution in [2.24, 2.45) is 0 Å². The third kappa shape index (κ3) is 3.69. The van der Waals surface area contributed by atoms with E-state index >= 15 is 0 Å². The van der Waals surface area contributed by atoms with Crippen molar-refractivity contribution in [3.05, 3.63) is 54.6 Å². The molecule has 0 aliphatic heterocycles. The Hall–Kier alpha value is -3.17. The molecule has 0 saturated heterocycles. The first-order valence-corrected chi connectivity index (χ1v) is 9.78. The molecule has 3 rings (SSSR count). The minimum Gasteiger partial charge on any atom is -0.421 e. The van der Waals surface area contributed by atoms with Gasteiger partial charge in [0.2, 0.25) is 0 Å². The fourth-order valence-electron chi connectivity index (χ4n) is 2.54. The van der Waals surface area contributed by atoms with E-state index in [4.69, 9.17) is 4.42 Å². The van der Waals surface area contributed by atoms with Crippen LogP contribution in [0.3, 0.4) is 0 Å². The molecule has 0 aliphatic rings. The lowest BCUT2D eigenvalue weighted by atomic mass is 10.1. The molecule has 0 unspecified atom stereocenters. The summed E-state index contributed by atoms with van der Waals surface area (Å²) in [4.78, 5) is 16.0. The highest BCUT2D eigenvalue weighted by Gasteiger charge is 2.26. The third-order valence-electron chi connectivity index (χ3n) is 3.78. The Morgan fingerprint density at radius 1 is 1.11 bits per heavy atom. The second kappa shape index (κ2) is 7.22. The van der Waals surface area contributed by atoms with Crippen LogP contribution in [0.1, 0.15) is 0 Å². The predicted octanol–water partition coefficient (Wildman–Crippen LogP) is 2.95. The number of sulfone groups is 1. The van der Waals surface area contributed by atoms with Crippen molar-refractivity contribution in [2.75, 3.05) is 18.4 Å². The second-order valence-corrected chi connectivity index (χ2v) is 7.66. The summed E-state index contributed by atoms with van der Waals surface area (Å²) in [7, 11) is -2.22. The van der Waals surface area contributed by atoms with E-state index < -0.39 is 15.9 Å². The number of urea groups is 1. The van der Waals surface area contributed by atoms with E-state index in [1.807, 2.05) is 6.07 Å². The number of aromatic nitrogens is 1. The normalized spacial score (nSPS) is 11.2. The van der Waals surface area contributed by atoms with Crippen LogP contribution in [0.5, 0.6) is 0 Å². The zero-order chi connectivity index (χ0) is 19.6. The molecule has 3 aromatic rings. The van der Waals surface area contributed by atoms with Crippen molar-refractivity contribution in [1.29, 1.82) is 0 Å². The van der Waals surface area contributed by atoms with Gasteiger partial charge in [-0.15, -0.1) is 5.06 Å². The fraction of sp³-hybridized carbons (Fsp3) is 0.111. The van der Waals surface area contributed by atoms with Gasteiger partial charge in [-0.25, -0.2) is 13.2 Å². The van der Waals surface area contributed by atoms with Crippen molar-refractivity contribution in [1.82, 2.24) is 10.3 Å². The van der Waals surface area contributed by atoms with Crippen molar-refractivity contribution < 1.29 is 22.8 Å². The zero-order valence-electron chi connectivity index (χ0n) is 14.6. The number of nitrogens with zero attached hydrogens (tertiary/aromatic N) is 2. The molecule has 0 radical (unpaired) electrons. The number of oxazole rings is 1. The van der Waals surface area contributed by atoms with Crippen LogP contribution in [0.25, 0.3) is 22.6 Å². The van der Waals surface area contributed by atoms with Gasteiger partial charge in [0.1, 0.15) is 5.69 Å². The Bertz CT molecular complexity index is 1080. The summed E-state index contributed by atoms with van der Waals surface area (Å²) in [5.74, 6) is 0.125. The zero-order valence-corrected chi connectivity index (χ0v) is 15.4. The summed E-state index contributed by atoms with van der Waals surface area (Å²) >= 11 is 0. The highest BCUT2D eigenvalue weighted by molar-refractivity contribution is 7.90. The molecule has 2 amide bonds. The Morgan fingerprint density at radius 2 is 1.74 bits per heavy atom. The van der Waals surface area contributed by atoms with E-state index in [1.165, 1.54) is 13.1 Å². The standard InChI is InChI=1S/C18H17N3O5S/c1-19-17(22)21(23)18-20-15(12-8-4-3-5-9-12)16(26-18)13-10-6-7-11-14(13)27(2,24)25/h3-11,23H,1-2H3,(H,19,22). The second-order valence-electron chi connectivity index (χ2n) is 5.68. The summed E-state index contributed by atoms with van der Waals surface area (Å²) in [6.45, 7) is 0. The first-order valence-electron chi connectivity index (χ1n) is 7.89. The SMILES string of the molecule is CNC(=O)N(O)c1nc(-c2ccccc2)c(-c2ccccc2S(C)(=O)=O)o1. The molecular formula is C18H17N3O5S. The molecule has 0 aliphatic carbocycles. The van der Waals surface area contributed by atoms with Crippen molar-refractivity contribution in [2.45, 2.75) is 4.90 Å². The summed E-state index contributed by atoms with van der Waals surface area (Å²) in [6.07, 6.45) is 1.09. The topological polar surface area (TPSA) is 113 Å². The summed E-state index contributed by atoms with van der Waals surface area (Å²) in [5.41, 5.74) is 1.21. The lowest BCUT2D eigenvalue weighted by Crippen LogP contribution is -2.35. The average molecular weight is 387 g/mol. The Morgan fingerprint density at radius 3 is 2.37 bits per heavy atom. The third-order valence-corrected chi connectivity index (χ3v) is 4.94. The highest BCUT2D eigenvalue weighted by Crippen LogP contribution is 2.38. The Labute approximate surface area is 155 Å². The van der Waals surface area contributed by atoms with Crippen LogP contribution in [-0.2, 0) is 9.84 Å². The van der Waals surface area contributed by atoms with Crippen LogP contribution < -0.4 is 10.4 Å². The number of carbonyl (C=O) groups is 1. The summed E-state index contributed by atoms with van der Waals surface area (Å²) in [6, 6.07) is 14.0. The van der Waals surface area contributed by atoms with Gasteiger partial charge in [-0.05, 0) is 12.1 Å². The minimum absolute atomic E-state index is 0.0503. The number of hydrogen-bond acceptors (Lipinski definition) is 6. The van der Waals surface area contributed by atoms with Gasteiger partial charge in [-0.3, -0.25) is 5.21 Å². The van der Waals surface area contributed by atoms with Gasteiger partial charge < -0.3 is 9.73 Å². The summed E-state index contributed by atoms with van der Waals surface area (Å²) in [5, 5.41) is 12.5. The van der Waals surface area contributed by atoms with Gasteiger partial charge in [-0.1, -0.05) is 42.5 Å². The molecule has 0 spiro atoms. The quantitative estimate of drug-likeness (QED) is 0.526. The monoisotopic (exact) mass is 387 g/mol. The fourth-order valence-corrected chi connectivity index (χ4v) is 3.43. The van der Waals surface area contributed by atoms with Crippen LogP contribution in [-0.4, -0.2) is 37.9 Å². The van der Waals surface area contributed by atoms with Crippen molar-refractivity contribution in [3.8, 4) is 22.6 Å². The van der Waals surface area contributed by atoms with Gasteiger partial charge in [0.25, 0.3) is 0 Å². The van der Waals surface area contributed by atoms with Crippen molar-refractivity contribution >= 4 is 21.9 Å². The first kappa shape index (κ1) is 18.6. The molecule has 0 fully saturated rings. The Kier molecular flexibility index (Phi) is 4.98. The molecule has 2 aromatic carbocycles. The molecule has 0 bridgehead atoms. The average Bonchev–Trinajstić information content (AvgIpc) is 3.12. The molecular weight excluding hydrogens is 370 g/mol. The smallest absolute Gasteiger partial charge is 0.349 e. The maximum absolute atomic E-state index is 12.2. The van der Waals surface area contributed by atoms with E-state index in [1.54, 1.807) is 42.5 Å². The van der Waals surface area contributed by atoms with Crippen LogP contribution in [0.4, 0.5) is 10.8 Å². The van der Waals surface area contributed by atoms with Crippen LogP contribution in [0.15, 0.2) is 63.9 Å². The number of nitrogens with one attached hydrogen (secondary N) is 1. The molecule has 27 heavy (non-hydrogen) atoms. The van der Waals surface area contributed by atoms with Crippen LogP contribution in [0.2, 0.25) is 0 Å². The van der Waals surface area contributed by atoms with Gasteiger partial charge in [0.05, 0.1) is 4.90 Å². The number of rotatable bonds is 4. The maximum atomic E-state index is 12.2. The van der Waals surface area contributed by atoms with E-state index in [9.17, 15) is 18.4 Å². The van der Waals surface area contributed by atoms with E-state index in [-0.39, 0.29) is 27.3 Å². The molecule has 2 N–H and O–H groups in total. The molecule has 9 heteroatoms. The van der Waals surface area contributed by atoms with Crippen LogP contribution in [0, 0.1) is 0 Å². The number of carbonyl (C=O) groups excluding carboxylic acids is 1. The van der Waals surface area contributed by atoms with Gasteiger partial charge in [0.15, 0.2) is 15.6 Å². The number of amides is 2. The Balaban J connectivity index is 2.27. The molecule has 0 atom stereocenters. The predicted molar refractivity (Wildman–Crippen MR) is 99.2 cm³/mol. The lowest BCUT2D eigenvalue weighted by Gasteiger charge is -2.09. The van der Waals surface area contributed by atoms with Gasteiger partial charge in [-0.2, -0.15) is 4.98 Å². The number of hydrogen-bond donors (Lipinski definition) is 2. The lowest BCUT2D eigenvalue weighted by molar-refractivity contribution is 0.197. The molecule has 8 nitrogen and oxygen atoms in total.